The first kappa shape index (κ1) is 21.9. The Morgan fingerprint density at radius 2 is 1.88 bits per heavy atom. The second kappa shape index (κ2) is 9.02. The van der Waals surface area contributed by atoms with Crippen LogP contribution >= 0.6 is 0 Å². The minimum Gasteiger partial charge on any atom is -0.423 e. The van der Waals surface area contributed by atoms with Gasteiger partial charge in [-0.05, 0) is 42.3 Å². The highest BCUT2D eigenvalue weighted by molar-refractivity contribution is 7.89. The van der Waals surface area contributed by atoms with Gasteiger partial charge in [0.2, 0.25) is 10.0 Å². The molecule has 0 radical (unpaired) electrons. The molecule has 3 aromatic rings. The Morgan fingerprint density at radius 3 is 2.53 bits per heavy atom. The first-order chi connectivity index (χ1) is 15.4. The number of nitrogens with one attached hydrogen (secondary N) is 1. The predicted molar refractivity (Wildman–Crippen MR) is 122 cm³/mol. The number of oxazole rings is 1. The summed E-state index contributed by atoms with van der Waals surface area (Å²) in [6.45, 7) is 3.75. The fraction of sp³-hybridized carbons (Fsp3) is 0.304. The summed E-state index contributed by atoms with van der Waals surface area (Å²) < 4.78 is 33.3. The molecule has 1 aliphatic heterocycles. The van der Waals surface area contributed by atoms with Crippen LogP contribution in [-0.4, -0.2) is 56.3 Å². The molecule has 1 saturated heterocycles. The number of benzene rings is 2. The quantitative estimate of drug-likeness (QED) is 0.577. The Labute approximate surface area is 187 Å². The van der Waals surface area contributed by atoms with Crippen molar-refractivity contribution in [3.05, 3.63) is 53.6 Å². The molecule has 0 aliphatic carbocycles. The first-order valence-electron chi connectivity index (χ1n) is 10.4. The summed E-state index contributed by atoms with van der Waals surface area (Å²) >= 11 is 0. The van der Waals surface area contributed by atoms with Crippen molar-refractivity contribution in [2.75, 3.05) is 37.6 Å². The molecule has 1 aliphatic rings. The Balaban J connectivity index is 1.45. The highest BCUT2D eigenvalue weighted by Crippen LogP contribution is 2.25. The van der Waals surface area contributed by atoms with Crippen molar-refractivity contribution in [1.82, 2.24) is 14.6 Å². The molecular weight excluding hydrogens is 428 g/mol. The lowest BCUT2D eigenvalue weighted by Crippen LogP contribution is -2.48. The molecule has 1 fully saturated rings. The van der Waals surface area contributed by atoms with Gasteiger partial charge in [0.15, 0.2) is 5.58 Å². The number of piperazine rings is 1. The van der Waals surface area contributed by atoms with E-state index in [4.69, 9.17) is 10.8 Å². The summed E-state index contributed by atoms with van der Waals surface area (Å²) in [7, 11) is -3.54. The van der Waals surface area contributed by atoms with Crippen LogP contribution in [0.1, 0.15) is 22.8 Å². The summed E-state index contributed by atoms with van der Waals surface area (Å²) in [6.07, 6.45) is 6.04. The van der Waals surface area contributed by atoms with Gasteiger partial charge in [0.1, 0.15) is 5.52 Å². The molecule has 1 amide bonds. The molecule has 1 N–H and O–H groups in total. The maximum Gasteiger partial charge on any atom is 0.298 e. The van der Waals surface area contributed by atoms with E-state index >= 15 is 0 Å². The Hall–Kier alpha value is -3.35. The van der Waals surface area contributed by atoms with Gasteiger partial charge in [0.05, 0.1) is 11.4 Å². The molecule has 0 unspecified atom stereocenters. The molecular formula is C23H24N4O4S. The number of amides is 1. The normalized spacial score (nSPS) is 14.9. The van der Waals surface area contributed by atoms with Crippen molar-refractivity contribution in [3.8, 4) is 12.3 Å². The number of fused-ring (bicyclic) bond motifs is 1. The van der Waals surface area contributed by atoms with Crippen molar-refractivity contribution in [1.29, 1.82) is 0 Å². The number of hydrogen-bond donors (Lipinski definition) is 1. The lowest BCUT2D eigenvalue weighted by molar-refractivity contribution is 0.0959. The van der Waals surface area contributed by atoms with E-state index in [1.807, 2.05) is 24.0 Å². The van der Waals surface area contributed by atoms with Gasteiger partial charge in [-0.25, -0.2) is 8.42 Å². The number of hydrogen-bond acceptors (Lipinski definition) is 6. The van der Waals surface area contributed by atoms with Crippen LogP contribution < -0.4 is 10.2 Å². The molecule has 8 nitrogen and oxygen atoms in total. The third-order valence-electron chi connectivity index (χ3n) is 5.47. The van der Waals surface area contributed by atoms with Gasteiger partial charge >= 0.3 is 0 Å². The summed E-state index contributed by atoms with van der Waals surface area (Å²) in [5.74, 6) is 2.09. The maximum absolute atomic E-state index is 13.0. The maximum atomic E-state index is 13.0. The van der Waals surface area contributed by atoms with E-state index in [2.05, 4.69) is 16.2 Å². The van der Waals surface area contributed by atoms with Crippen LogP contribution in [0.2, 0.25) is 0 Å². The minimum atomic E-state index is -3.54. The molecule has 166 valence electrons. The molecule has 0 atom stereocenters. The van der Waals surface area contributed by atoms with Crippen molar-refractivity contribution in [3.63, 3.8) is 0 Å². The number of nitrogens with zero attached hydrogens (tertiary/aromatic N) is 3. The fourth-order valence-corrected chi connectivity index (χ4v) is 5.01. The first-order valence-corrected chi connectivity index (χ1v) is 11.8. The van der Waals surface area contributed by atoms with E-state index in [1.165, 1.54) is 4.31 Å². The number of aryl methyl sites for hydroxylation is 1. The summed E-state index contributed by atoms with van der Waals surface area (Å²) in [5, 5.41) is 2.62. The summed E-state index contributed by atoms with van der Waals surface area (Å²) in [4.78, 5) is 18.8. The van der Waals surface area contributed by atoms with E-state index in [9.17, 15) is 13.2 Å². The van der Waals surface area contributed by atoms with Gasteiger partial charge < -0.3 is 14.6 Å². The van der Waals surface area contributed by atoms with E-state index in [-0.39, 0.29) is 12.5 Å². The van der Waals surface area contributed by atoms with Gasteiger partial charge in [0.25, 0.3) is 11.9 Å². The zero-order chi connectivity index (χ0) is 22.7. The van der Waals surface area contributed by atoms with Crippen molar-refractivity contribution in [2.24, 2.45) is 0 Å². The third kappa shape index (κ3) is 4.33. The van der Waals surface area contributed by atoms with E-state index < -0.39 is 10.0 Å². The third-order valence-corrected chi connectivity index (χ3v) is 7.38. The van der Waals surface area contributed by atoms with Gasteiger partial charge in [-0.3, -0.25) is 4.79 Å². The predicted octanol–water partition coefficient (Wildman–Crippen LogP) is 2.26. The molecule has 32 heavy (non-hydrogen) atoms. The molecule has 0 bridgehead atoms. The molecule has 0 saturated carbocycles. The molecule has 4 rings (SSSR count). The average Bonchev–Trinajstić information content (AvgIpc) is 3.26. The number of rotatable bonds is 6. The van der Waals surface area contributed by atoms with E-state index in [1.54, 1.807) is 30.3 Å². The van der Waals surface area contributed by atoms with E-state index in [0.29, 0.717) is 53.8 Å². The second-order valence-corrected chi connectivity index (χ2v) is 9.39. The number of aromatic nitrogens is 1. The average molecular weight is 453 g/mol. The zero-order valence-electron chi connectivity index (χ0n) is 17.7. The number of carbonyl (C=O) groups is 1. The molecule has 2 aromatic carbocycles. The monoisotopic (exact) mass is 452 g/mol. The van der Waals surface area contributed by atoms with Crippen LogP contribution in [0.25, 0.3) is 11.1 Å². The highest BCUT2D eigenvalue weighted by Gasteiger charge is 2.30. The van der Waals surface area contributed by atoms with E-state index in [0.717, 1.165) is 12.0 Å². The summed E-state index contributed by atoms with van der Waals surface area (Å²) in [6, 6.07) is 12.4. The molecule has 1 aromatic heterocycles. The molecule has 0 spiro atoms. The number of terminal acetylenes is 1. The SMILES string of the molecule is C#CCNC(=O)c1ccc2oc(N3CCN(S(=O)(=O)c4ccc(CC)cc4)CC3)nc2c1. The summed E-state index contributed by atoms with van der Waals surface area (Å²) in [5.41, 5.74) is 2.65. The second-order valence-electron chi connectivity index (χ2n) is 7.45. The van der Waals surface area contributed by atoms with Crippen LogP contribution in [0.15, 0.2) is 51.8 Å². The van der Waals surface area contributed by atoms with Crippen molar-refractivity contribution < 1.29 is 17.6 Å². The van der Waals surface area contributed by atoms with Gasteiger partial charge in [-0.1, -0.05) is 25.0 Å². The van der Waals surface area contributed by atoms with Crippen LogP contribution in [-0.2, 0) is 16.4 Å². The van der Waals surface area contributed by atoms with Gasteiger partial charge in [-0.2, -0.15) is 9.29 Å². The lowest BCUT2D eigenvalue weighted by Gasteiger charge is -2.33. The number of sulfonamides is 1. The van der Waals surface area contributed by atoms with Crippen LogP contribution in [0.5, 0.6) is 0 Å². The Bertz CT molecular complexity index is 1270. The van der Waals surface area contributed by atoms with Crippen LogP contribution in [0.4, 0.5) is 6.01 Å². The van der Waals surface area contributed by atoms with Gasteiger partial charge in [-0.15, -0.1) is 6.42 Å². The number of carbonyl (C=O) groups excluding carboxylic acids is 1. The molecule has 2 heterocycles. The molecule has 9 heteroatoms. The van der Waals surface area contributed by atoms with Crippen LogP contribution in [0, 0.1) is 12.3 Å². The zero-order valence-corrected chi connectivity index (χ0v) is 18.6. The Kier molecular flexibility index (Phi) is 6.17. The number of anilines is 1. The Morgan fingerprint density at radius 1 is 1.16 bits per heavy atom. The highest BCUT2D eigenvalue weighted by atomic mass is 32.2. The van der Waals surface area contributed by atoms with Gasteiger partial charge in [0, 0.05) is 31.7 Å². The standard InChI is InChI=1S/C23H24N4O4S/c1-3-11-24-22(28)18-7-10-21-20(16-18)25-23(31-21)26-12-14-27(15-13-26)32(29,30)19-8-5-17(4-2)6-9-19/h1,5-10,16H,4,11-15H2,2H3,(H,24,28). The fourth-order valence-electron chi connectivity index (χ4n) is 3.59. The van der Waals surface area contributed by atoms with Crippen molar-refractivity contribution >= 4 is 33.0 Å². The lowest BCUT2D eigenvalue weighted by atomic mass is 10.2. The smallest absolute Gasteiger partial charge is 0.298 e. The van der Waals surface area contributed by atoms with Crippen LogP contribution in [0.3, 0.4) is 0 Å². The van der Waals surface area contributed by atoms with Crippen molar-refractivity contribution in [2.45, 2.75) is 18.2 Å². The topological polar surface area (TPSA) is 95.8 Å². The largest absolute Gasteiger partial charge is 0.423 e. The minimum absolute atomic E-state index is 0.150.